The fourth-order valence-corrected chi connectivity index (χ4v) is 2.18. The molecule has 1 N–H and O–H groups in total. The van der Waals surface area contributed by atoms with E-state index in [4.69, 9.17) is 11.6 Å². The van der Waals surface area contributed by atoms with Crippen LogP contribution in [-0.2, 0) is 0 Å². The average molecular weight is 271 g/mol. The summed E-state index contributed by atoms with van der Waals surface area (Å²) in [5.74, 6) is 0. The maximum atomic E-state index is 9.53. The van der Waals surface area contributed by atoms with Crippen LogP contribution in [0.15, 0.2) is 18.2 Å². The molecule has 102 valence electrons. The number of aliphatic hydroxyl groups excluding tert-OH is 1. The van der Waals surface area contributed by atoms with Crippen molar-refractivity contribution in [1.82, 2.24) is 4.90 Å². The van der Waals surface area contributed by atoms with Crippen molar-refractivity contribution in [2.75, 3.05) is 39.1 Å². The Kier molecular flexibility index (Phi) is 5.93. The van der Waals surface area contributed by atoms with Gasteiger partial charge in [-0.1, -0.05) is 17.7 Å². The molecule has 0 saturated carbocycles. The maximum Gasteiger partial charge on any atom is 0.0776 e. The monoisotopic (exact) mass is 270 g/mol. The number of hydrogen-bond donors (Lipinski definition) is 1. The summed E-state index contributed by atoms with van der Waals surface area (Å²) < 4.78 is 0. The van der Waals surface area contributed by atoms with Gasteiger partial charge in [0, 0.05) is 24.3 Å². The Morgan fingerprint density at radius 2 is 1.89 bits per heavy atom. The van der Waals surface area contributed by atoms with Crippen LogP contribution >= 0.6 is 11.6 Å². The average Bonchev–Trinajstić information content (AvgIpc) is 2.27. The second-order valence-electron chi connectivity index (χ2n) is 4.96. The van der Waals surface area contributed by atoms with E-state index in [0.29, 0.717) is 5.02 Å². The molecule has 0 aromatic heterocycles. The number of rotatable bonds is 6. The van der Waals surface area contributed by atoms with Gasteiger partial charge in [-0.25, -0.2) is 0 Å². The molecule has 4 heteroatoms. The van der Waals surface area contributed by atoms with Gasteiger partial charge in [0.05, 0.1) is 6.10 Å². The molecule has 1 aromatic carbocycles. The van der Waals surface area contributed by atoms with Crippen LogP contribution in [0.4, 0.5) is 5.69 Å². The number of nitrogens with zero attached hydrogens (tertiary/aromatic N) is 2. The Morgan fingerprint density at radius 1 is 1.22 bits per heavy atom. The molecule has 0 aliphatic heterocycles. The lowest BCUT2D eigenvalue weighted by molar-refractivity contribution is 0.199. The summed E-state index contributed by atoms with van der Waals surface area (Å²) in [4.78, 5) is 4.36. The van der Waals surface area contributed by atoms with Crippen LogP contribution < -0.4 is 4.90 Å². The fraction of sp³-hybridized carbons (Fsp3) is 0.571. The van der Waals surface area contributed by atoms with Crippen molar-refractivity contribution >= 4 is 17.3 Å². The standard InChI is InChI=1S/C14H23ClN2O/c1-11(18)13-7-6-12(10-14(13)15)17(4)9-5-8-16(2)3/h6-7,10-11,18H,5,8-9H2,1-4H3. The highest BCUT2D eigenvalue weighted by Gasteiger charge is 2.09. The van der Waals surface area contributed by atoms with E-state index in [1.54, 1.807) is 6.92 Å². The summed E-state index contributed by atoms with van der Waals surface area (Å²) in [5.41, 5.74) is 1.87. The Bertz CT molecular complexity index is 380. The molecule has 0 spiro atoms. The molecule has 1 aromatic rings. The van der Waals surface area contributed by atoms with Crippen LogP contribution in [0.5, 0.6) is 0 Å². The van der Waals surface area contributed by atoms with Gasteiger partial charge < -0.3 is 14.9 Å². The normalized spacial score (nSPS) is 12.8. The van der Waals surface area contributed by atoms with E-state index in [2.05, 4.69) is 30.9 Å². The van der Waals surface area contributed by atoms with Crippen LogP contribution in [0, 0.1) is 0 Å². The predicted octanol–water partition coefficient (Wildman–Crippen LogP) is 2.78. The Hall–Kier alpha value is -0.770. The second kappa shape index (κ2) is 6.98. The minimum absolute atomic E-state index is 0.523. The molecule has 1 atom stereocenters. The summed E-state index contributed by atoms with van der Waals surface area (Å²) in [5, 5.41) is 10.2. The van der Waals surface area contributed by atoms with Crippen LogP contribution in [0.2, 0.25) is 5.02 Å². The smallest absolute Gasteiger partial charge is 0.0776 e. The summed E-state index contributed by atoms with van der Waals surface area (Å²) in [7, 11) is 6.21. The molecule has 0 aliphatic carbocycles. The van der Waals surface area contributed by atoms with Gasteiger partial charge in [0.2, 0.25) is 0 Å². The number of benzene rings is 1. The highest BCUT2D eigenvalue weighted by molar-refractivity contribution is 6.31. The van der Waals surface area contributed by atoms with E-state index in [-0.39, 0.29) is 0 Å². The molecule has 0 saturated heterocycles. The van der Waals surface area contributed by atoms with E-state index in [9.17, 15) is 5.11 Å². The Labute approximate surface area is 115 Å². The maximum absolute atomic E-state index is 9.53. The van der Waals surface area contributed by atoms with Gasteiger partial charge in [-0.05, 0) is 51.7 Å². The van der Waals surface area contributed by atoms with Crippen molar-refractivity contribution < 1.29 is 5.11 Å². The van der Waals surface area contributed by atoms with Gasteiger partial charge in [-0.3, -0.25) is 0 Å². The highest BCUT2D eigenvalue weighted by Crippen LogP contribution is 2.27. The van der Waals surface area contributed by atoms with Gasteiger partial charge in [0.15, 0.2) is 0 Å². The van der Waals surface area contributed by atoms with Crippen molar-refractivity contribution in [1.29, 1.82) is 0 Å². The van der Waals surface area contributed by atoms with Gasteiger partial charge in [0.25, 0.3) is 0 Å². The van der Waals surface area contributed by atoms with Crippen LogP contribution in [0.25, 0.3) is 0 Å². The first kappa shape index (κ1) is 15.3. The van der Waals surface area contributed by atoms with Crippen molar-refractivity contribution in [2.45, 2.75) is 19.4 Å². The number of halogens is 1. The Balaban J connectivity index is 2.63. The van der Waals surface area contributed by atoms with E-state index < -0.39 is 6.10 Å². The minimum atomic E-state index is -0.523. The van der Waals surface area contributed by atoms with Gasteiger partial charge >= 0.3 is 0 Å². The number of aliphatic hydroxyl groups is 1. The SMILES string of the molecule is CC(O)c1ccc(N(C)CCCN(C)C)cc1Cl. The quantitative estimate of drug-likeness (QED) is 0.861. The Morgan fingerprint density at radius 3 is 2.39 bits per heavy atom. The lowest BCUT2D eigenvalue weighted by atomic mass is 10.1. The van der Waals surface area contributed by atoms with E-state index in [0.717, 1.165) is 30.8 Å². The lowest BCUT2D eigenvalue weighted by Crippen LogP contribution is -2.23. The van der Waals surface area contributed by atoms with E-state index in [1.165, 1.54) is 0 Å². The molecule has 0 aliphatic rings. The zero-order valence-electron chi connectivity index (χ0n) is 11.7. The number of anilines is 1. The van der Waals surface area contributed by atoms with Crippen molar-refractivity contribution in [2.24, 2.45) is 0 Å². The van der Waals surface area contributed by atoms with Crippen molar-refractivity contribution in [3.63, 3.8) is 0 Å². The van der Waals surface area contributed by atoms with Gasteiger partial charge in [-0.2, -0.15) is 0 Å². The molecular formula is C14H23ClN2O. The zero-order valence-corrected chi connectivity index (χ0v) is 12.4. The molecule has 3 nitrogen and oxygen atoms in total. The van der Waals surface area contributed by atoms with Crippen LogP contribution in [0.1, 0.15) is 25.0 Å². The molecule has 1 rings (SSSR count). The molecule has 0 fully saturated rings. The third kappa shape index (κ3) is 4.48. The summed E-state index contributed by atoms with van der Waals surface area (Å²) in [6.07, 6.45) is 0.588. The molecule has 18 heavy (non-hydrogen) atoms. The largest absolute Gasteiger partial charge is 0.389 e. The third-order valence-corrected chi connectivity index (χ3v) is 3.30. The molecule has 0 amide bonds. The molecule has 1 unspecified atom stereocenters. The zero-order chi connectivity index (χ0) is 13.7. The number of hydrogen-bond acceptors (Lipinski definition) is 3. The fourth-order valence-electron chi connectivity index (χ4n) is 1.85. The first-order chi connectivity index (χ1) is 8.41. The van der Waals surface area contributed by atoms with Gasteiger partial charge in [0.1, 0.15) is 0 Å². The predicted molar refractivity (Wildman–Crippen MR) is 78.5 cm³/mol. The minimum Gasteiger partial charge on any atom is -0.389 e. The molecule has 0 radical (unpaired) electrons. The first-order valence-corrected chi connectivity index (χ1v) is 6.63. The summed E-state index contributed by atoms with van der Waals surface area (Å²) in [6.45, 7) is 3.79. The first-order valence-electron chi connectivity index (χ1n) is 6.25. The van der Waals surface area contributed by atoms with Gasteiger partial charge in [-0.15, -0.1) is 0 Å². The molecule has 0 bridgehead atoms. The summed E-state index contributed by atoms with van der Waals surface area (Å²) in [6, 6.07) is 5.81. The van der Waals surface area contributed by atoms with Crippen molar-refractivity contribution in [3.8, 4) is 0 Å². The van der Waals surface area contributed by atoms with E-state index >= 15 is 0 Å². The lowest BCUT2D eigenvalue weighted by Gasteiger charge is -2.21. The topological polar surface area (TPSA) is 26.7 Å². The highest BCUT2D eigenvalue weighted by atomic mass is 35.5. The van der Waals surface area contributed by atoms with Crippen molar-refractivity contribution in [3.05, 3.63) is 28.8 Å². The van der Waals surface area contributed by atoms with Crippen LogP contribution in [-0.4, -0.2) is 44.2 Å². The van der Waals surface area contributed by atoms with Crippen LogP contribution in [0.3, 0.4) is 0 Å². The molecular weight excluding hydrogens is 248 g/mol. The molecule has 0 heterocycles. The third-order valence-electron chi connectivity index (χ3n) is 2.97. The summed E-state index contributed by atoms with van der Waals surface area (Å²) >= 11 is 6.16. The van der Waals surface area contributed by atoms with E-state index in [1.807, 2.05) is 18.2 Å². The second-order valence-corrected chi connectivity index (χ2v) is 5.37.